The molecule has 0 aliphatic heterocycles. The van der Waals surface area contributed by atoms with Crippen LogP contribution in [0.15, 0.2) is 39.9 Å². The van der Waals surface area contributed by atoms with E-state index in [0.717, 1.165) is 30.5 Å². The lowest BCUT2D eigenvalue weighted by Gasteiger charge is -2.22. The summed E-state index contributed by atoms with van der Waals surface area (Å²) >= 11 is 0. The third kappa shape index (κ3) is 4.71. The Kier molecular flexibility index (Phi) is 6.35. The molecule has 1 aliphatic carbocycles. The molecule has 0 fully saturated rings. The minimum atomic E-state index is -0.409. The van der Waals surface area contributed by atoms with Gasteiger partial charge in [0.05, 0.1) is 6.10 Å². The van der Waals surface area contributed by atoms with Crippen LogP contribution in [0.1, 0.15) is 67.0 Å². The van der Waals surface area contributed by atoms with Crippen molar-refractivity contribution in [1.29, 1.82) is 0 Å². The van der Waals surface area contributed by atoms with E-state index < -0.39 is 5.69 Å². The van der Waals surface area contributed by atoms with Crippen molar-refractivity contribution in [2.75, 3.05) is 0 Å². The van der Waals surface area contributed by atoms with Crippen molar-refractivity contribution in [3.63, 3.8) is 0 Å². The maximum absolute atomic E-state index is 12.6. The fraction of sp³-hybridized carbons (Fsp3) is 0.478. The normalized spacial score (nSPS) is 16.7. The minimum absolute atomic E-state index is 0.00563. The molecule has 0 saturated carbocycles. The Bertz CT molecular complexity index is 962. The third-order valence-electron chi connectivity index (χ3n) is 5.21. The van der Waals surface area contributed by atoms with Gasteiger partial charge in [0.25, 0.3) is 5.56 Å². The molecular formula is C23H30N2O3. The van der Waals surface area contributed by atoms with Crippen LogP contribution in [-0.2, 0) is 17.9 Å². The Morgan fingerprint density at radius 2 is 1.89 bits per heavy atom. The summed E-state index contributed by atoms with van der Waals surface area (Å²) in [6.07, 6.45) is 7.86. The number of ether oxygens (including phenoxy) is 1. The molecular weight excluding hydrogens is 352 g/mol. The standard InChI is InChI=1S/C23H30N2O3/c1-15(2)21-20(13-18-11-16(3)10-17(4)12-18)25(23(27)24-22(21)26)14-28-19-8-6-5-7-9-19/h6,8,10-12,15,19H,5,7,9,13-14H2,1-4H3,(H,24,26,27). The number of nitrogens with one attached hydrogen (secondary N) is 1. The van der Waals surface area contributed by atoms with Crippen LogP contribution in [0.2, 0.25) is 0 Å². The molecule has 1 aromatic heterocycles. The van der Waals surface area contributed by atoms with Gasteiger partial charge in [0.1, 0.15) is 6.73 Å². The Balaban J connectivity index is 2.03. The van der Waals surface area contributed by atoms with Gasteiger partial charge >= 0.3 is 5.69 Å². The van der Waals surface area contributed by atoms with Gasteiger partial charge in [0, 0.05) is 17.7 Å². The Labute approximate surface area is 166 Å². The highest BCUT2D eigenvalue weighted by Gasteiger charge is 2.19. The summed E-state index contributed by atoms with van der Waals surface area (Å²) in [4.78, 5) is 27.7. The molecule has 5 heteroatoms. The van der Waals surface area contributed by atoms with Crippen LogP contribution in [-0.4, -0.2) is 15.7 Å². The van der Waals surface area contributed by atoms with Crippen molar-refractivity contribution in [1.82, 2.24) is 9.55 Å². The van der Waals surface area contributed by atoms with E-state index in [-0.39, 0.29) is 24.3 Å². The van der Waals surface area contributed by atoms with Crippen LogP contribution in [0.4, 0.5) is 0 Å². The highest BCUT2D eigenvalue weighted by Crippen LogP contribution is 2.20. The van der Waals surface area contributed by atoms with E-state index in [2.05, 4.69) is 49.2 Å². The van der Waals surface area contributed by atoms with E-state index in [0.29, 0.717) is 12.0 Å². The summed E-state index contributed by atoms with van der Waals surface area (Å²) in [7, 11) is 0. The molecule has 0 saturated heterocycles. The first-order chi connectivity index (χ1) is 13.3. The van der Waals surface area contributed by atoms with E-state index in [4.69, 9.17) is 4.74 Å². The van der Waals surface area contributed by atoms with Gasteiger partial charge < -0.3 is 4.74 Å². The van der Waals surface area contributed by atoms with Gasteiger partial charge in [-0.05, 0) is 44.6 Å². The molecule has 1 heterocycles. The number of aromatic amines is 1. The lowest BCUT2D eigenvalue weighted by atomic mass is 9.96. The van der Waals surface area contributed by atoms with Crippen LogP contribution in [0, 0.1) is 13.8 Å². The number of aromatic nitrogens is 2. The topological polar surface area (TPSA) is 64.1 Å². The zero-order valence-electron chi connectivity index (χ0n) is 17.2. The van der Waals surface area contributed by atoms with Crippen molar-refractivity contribution in [3.8, 4) is 0 Å². The quantitative estimate of drug-likeness (QED) is 0.770. The maximum Gasteiger partial charge on any atom is 0.330 e. The summed E-state index contributed by atoms with van der Waals surface area (Å²) in [6.45, 7) is 8.22. The number of benzene rings is 1. The second-order valence-corrected chi connectivity index (χ2v) is 8.07. The molecule has 1 unspecified atom stereocenters. The van der Waals surface area contributed by atoms with Gasteiger partial charge in [-0.3, -0.25) is 14.3 Å². The SMILES string of the molecule is Cc1cc(C)cc(Cc2c(C(C)C)c(=O)[nH]c(=O)n2COC2C=CCCC2)c1. The second-order valence-electron chi connectivity index (χ2n) is 8.07. The zero-order chi connectivity index (χ0) is 20.3. The Morgan fingerprint density at radius 1 is 1.18 bits per heavy atom. The number of rotatable bonds is 6. The summed E-state index contributed by atoms with van der Waals surface area (Å²) in [6, 6.07) is 6.34. The number of nitrogens with zero attached hydrogens (tertiary/aromatic N) is 1. The molecule has 1 aromatic carbocycles. The van der Waals surface area contributed by atoms with Gasteiger partial charge in [0.15, 0.2) is 0 Å². The van der Waals surface area contributed by atoms with Crippen molar-refractivity contribution >= 4 is 0 Å². The first kappa shape index (κ1) is 20.3. The van der Waals surface area contributed by atoms with E-state index in [1.165, 1.54) is 11.1 Å². The molecule has 0 amide bonds. The second kappa shape index (κ2) is 8.74. The van der Waals surface area contributed by atoms with E-state index in [9.17, 15) is 9.59 Å². The summed E-state index contributed by atoms with van der Waals surface area (Å²) in [5.74, 6) is 0.00563. The molecule has 0 bridgehead atoms. The third-order valence-corrected chi connectivity index (χ3v) is 5.21. The van der Waals surface area contributed by atoms with Crippen molar-refractivity contribution in [3.05, 3.63) is 79.1 Å². The van der Waals surface area contributed by atoms with Crippen LogP contribution in [0.3, 0.4) is 0 Å². The predicted octanol–water partition coefficient (Wildman–Crippen LogP) is 3.95. The summed E-state index contributed by atoms with van der Waals surface area (Å²) < 4.78 is 7.60. The van der Waals surface area contributed by atoms with E-state index >= 15 is 0 Å². The number of H-pyrrole nitrogens is 1. The van der Waals surface area contributed by atoms with Crippen LogP contribution in [0.25, 0.3) is 0 Å². The first-order valence-corrected chi connectivity index (χ1v) is 10.1. The van der Waals surface area contributed by atoms with Crippen molar-refractivity contribution < 1.29 is 4.74 Å². The van der Waals surface area contributed by atoms with Gasteiger partial charge in [-0.15, -0.1) is 0 Å². The highest BCUT2D eigenvalue weighted by molar-refractivity contribution is 5.34. The van der Waals surface area contributed by atoms with Crippen molar-refractivity contribution in [2.45, 2.75) is 72.1 Å². The average Bonchev–Trinajstić information content (AvgIpc) is 2.60. The maximum atomic E-state index is 12.6. The van der Waals surface area contributed by atoms with E-state index in [1.54, 1.807) is 4.57 Å². The molecule has 2 aromatic rings. The fourth-order valence-electron chi connectivity index (χ4n) is 4.01. The number of hydrogen-bond donors (Lipinski definition) is 1. The first-order valence-electron chi connectivity index (χ1n) is 10.1. The lowest BCUT2D eigenvalue weighted by Crippen LogP contribution is -2.37. The summed E-state index contributed by atoms with van der Waals surface area (Å²) in [5, 5.41) is 0. The smallest absolute Gasteiger partial charge is 0.330 e. The van der Waals surface area contributed by atoms with Crippen molar-refractivity contribution in [2.24, 2.45) is 0 Å². The van der Waals surface area contributed by atoms with E-state index in [1.807, 2.05) is 13.8 Å². The fourth-order valence-corrected chi connectivity index (χ4v) is 4.01. The molecule has 28 heavy (non-hydrogen) atoms. The molecule has 1 atom stereocenters. The predicted molar refractivity (Wildman–Crippen MR) is 112 cm³/mol. The van der Waals surface area contributed by atoms with Crippen LogP contribution >= 0.6 is 0 Å². The highest BCUT2D eigenvalue weighted by atomic mass is 16.5. The van der Waals surface area contributed by atoms with Crippen LogP contribution < -0.4 is 11.2 Å². The minimum Gasteiger partial charge on any atom is -0.353 e. The Hall–Kier alpha value is -2.40. The molecule has 5 nitrogen and oxygen atoms in total. The number of aryl methyl sites for hydroxylation is 2. The molecule has 0 radical (unpaired) electrons. The molecule has 0 spiro atoms. The molecule has 3 rings (SSSR count). The average molecular weight is 383 g/mol. The van der Waals surface area contributed by atoms with Gasteiger partial charge in [0.2, 0.25) is 0 Å². The number of hydrogen-bond acceptors (Lipinski definition) is 3. The zero-order valence-corrected chi connectivity index (χ0v) is 17.2. The molecule has 1 aliphatic rings. The Morgan fingerprint density at radius 3 is 2.50 bits per heavy atom. The molecule has 150 valence electrons. The largest absolute Gasteiger partial charge is 0.353 e. The molecule has 1 N–H and O–H groups in total. The van der Waals surface area contributed by atoms with Gasteiger partial charge in [-0.1, -0.05) is 55.3 Å². The summed E-state index contributed by atoms with van der Waals surface area (Å²) in [5.41, 5.74) is 4.12. The monoisotopic (exact) mass is 382 g/mol. The number of allylic oxidation sites excluding steroid dienone is 1. The van der Waals surface area contributed by atoms with Gasteiger partial charge in [-0.2, -0.15) is 0 Å². The van der Waals surface area contributed by atoms with Crippen LogP contribution in [0.5, 0.6) is 0 Å². The van der Waals surface area contributed by atoms with Gasteiger partial charge in [-0.25, -0.2) is 4.79 Å². The lowest BCUT2D eigenvalue weighted by molar-refractivity contribution is 0.0226.